The molecule has 0 saturated carbocycles. The summed E-state index contributed by atoms with van der Waals surface area (Å²) in [5, 5.41) is 15.3. The van der Waals surface area contributed by atoms with Gasteiger partial charge in [-0.15, -0.1) is 0 Å². The van der Waals surface area contributed by atoms with Gasteiger partial charge in [0.05, 0.1) is 10.6 Å². The van der Waals surface area contributed by atoms with E-state index < -0.39 is 35.9 Å². The van der Waals surface area contributed by atoms with Crippen LogP contribution in [-0.2, 0) is 30.3 Å². The molecule has 0 aromatic heterocycles. The van der Waals surface area contributed by atoms with Gasteiger partial charge in [0.25, 0.3) is 0 Å². The molecule has 3 amide bonds. The number of phenolic OH excluding ortho intramolecular Hbond substituents is 1. The Bertz CT molecular complexity index is 1070. The zero-order valence-electron chi connectivity index (χ0n) is 23.2. The number of aromatic hydroxyl groups is 1. The molecule has 2 rings (SSSR count). The molecule has 210 valence electrons. The average molecular weight is 595 g/mol. The van der Waals surface area contributed by atoms with Gasteiger partial charge in [-0.25, -0.2) is 4.79 Å². The molecule has 6 atom stereocenters. The number of halogens is 1. The number of benzene rings is 1. The van der Waals surface area contributed by atoms with Gasteiger partial charge >= 0.3 is 5.97 Å². The van der Waals surface area contributed by atoms with Crippen molar-refractivity contribution in [3.05, 3.63) is 39.9 Å². The molecule has 0 fully saturated rings. The van der Waals surface area contributed by atoms with Crippen molar-refractivity contribution in [1.82, 2.24) is 15.5 Å². The highest BCUT2D eigenvalue weighted by Crippen LogP contribution is 2.25. The molecular weight excluding hydrogens is 554 g/mol. The fourth-order valence-corrected chi connectivity index (χ4v) is 5.05. The SMILES string of the molecule is C/C1=C/C(C)CC(C)OC(=O)C(C)NC(=O)C(Cc2ccc(O)c(Br)c2)N(C)C(=O)C(C)NC(=O)C(C)C1. The van der Waals surface area contributed by atoms with Gasteiger partial charge in [-0.3, -0.25) is 14.4 Å². The molecule has 1 aromatic carbocycles. The molecule has 1 heterocycles. The van der Waals surface area contributed by atoms with E-state index in [1.165, 1.54) is 18.0 Å². The molecule has 0 saturated heterocycles. The van der Waals surface area contributed by atoms with Crippen LogP contribution in [0.1, 0.15) is 59.9 Å². The number of likely N-dealkylation sites (N-methyl/N-ethyl adjacent to an activating group) is 1. The lowest BCUT2D eigenvalue weighted by Crippen LogP contribution is -2.56. The van der Waals surface area contributed by atoms with Gasteiger partial charge in [0.1, 0.15) is 23.9 Å². The number of hydrogen-bond donors (Lipinski definition) is 3. The lowest BCUT2D eigenvalue weighted by molar-refractivity contribution is -0.153. The van der Waals surface area contributed by atoms with Crippen LogP contribution in [0.4, 0.5) is 0 Å². The molecule has 1 aliphatic rings. The van der Waals surface area contributed by atoms with E-state index in [-0.39, 0.29) is 36.0 Å². The number of phenols is 1. The molecule has 38 heavy (non-hydrogen) atoms. The van der Waals surface area contributed by atoms with Crippen molar-refractivity contribution in [3.8, 4) is 5.75 Å². The van der Waals surface area contributed by atoms with Crippen molar-refractivity contribution in [3.63, 3.8) is 0 Å². The molecule has 1 aromatic rings. The Hall–Kier alpha value is -2.88. The second-order valence-electron chi connectivity index (χ2n) is 10.5. The Balaban J connectivity index is 2.40. The van der Waals surface area contributed by atoms with Crippen molar-refractivity contribution >= 4 is 39.6 Å². The van der Waals surface area contributed by atoms with Crippen molar-refractivity contribution in [2.24, 2.45) is 11.8 Å². The van der Waals surface area contributed by atoms with Crippen LogP contribution >= 0.6 is 15.9 Å². The summed E-state index contributed by atoms with van der Waals surface area (Å²) < 4.78 is 6.03. The summed E-state index contributed by atoms with van der Waals surface area (Å²) in [6.45, 7) is 10.7. The number of nitrogens with zero attached hydrogens (tertiary/aromatic N) is 1. The summed E-state index contributed by atoms with van der Waals surface area (Å²) in [5.74, 6) is -2.00. The van der Waals surface area contributed by atoms with Crippen molar-refractivity contribution in [1.29, 1.82) is 0 Å². The maximum Gasteiger partial charge on any atom is 0.328 e. The summed E-state index contributed by atoms with van der Waals surface area (Å²) >= 11 is 3.27. The van der Waals surface area contributed by atoms with Gasteiger partial charge in [0.2, 0.25) is 17.7 Å². The number of cyclic esters (lactones) is 1. The molecule has 6 unspecified atom stereocenters. The van der Waals surface area contributed by atoms with Crippen LogP contribution in [0.5, 0.6) is 5.75 Å². The number of esters is 1. The molecule has 0 radical (unpaired) electrons. The summed E-state index contributed by atoms with van der Waals surface area (Å²) in [6, 6.07) is 2.00. The second kappa shape index (κ2) is 13.8. The summed E-state index contributed by atoms with van der Waals surface area (Å²) in [6.07, 6.45) is 2.92. The van der Waals surface area contributed by atoms with E-state index >= 15 is 0 Å². The van der Waals surface area contributed by atoms with Crippen LogP contribution in [0.3, 0.4) is 0 Å². The Labute approximate surface area is 233 Å². The maximum absolute atomic E-state index is 13.4. The van der Waals surface area contributed by atoms with Crippen molar-refractivity contribution in [2.75, 3.05) is 7.05 Å². The van der Waals surface area contributed by atoms with E-state index in [1.54, 1.807) is 39.8 Å². The Morgan fingerprint density at radius 2 is 1.66 bits per heavy atom. The highest BCUT2D eigenvalue weighted by atomic mass is 79.9. The van der Waals surface area contributed by atoms with E-state index in [2.05, 4.69) is 32.6 Å². The van der Waals surface area contributed by atoms with Gasteiger partial charge < -0.3 is 25.4 Å². The molecule has 0 bridgehead atoms. The second-order valence-corrected chi connectivity index (χ2v) is 11.3. The van der Waals surface area contributed by atoms with Gasteiger partial charge in [-0.05, 0) is 80.1 Å². The molecule has 3 N–H and O–H groups in total. The monoisotopic (exact) mass is 593 g/mol. The smallest absolute Gasteiger partial charge is 0.328 e. The third-order valence-corrected chi connectivity index (χ3v) is 7.30. The number of hydrogen-bond acceptors (Lipinski definition) is 6. The first-order chi connectivity index (χ1) is 17.7. The van der Waals surface area contributed by atoms with Crippen LogP contribution in [-0.4, -0.2) is 65.0 Å². The summed E-state index contributed by atoms with van der Waals surface area (Å²) in [4.78, 5) is 53.6. The van der Waals surface area contributed by atoms with Crippen molar-refractivity contribution < 1.29 is 29.0 Å². The van der Waals surface area contributed by atoms with Crippen LogP contribution in [0, 0.1) is 11.8 Å². The zero-order chi connectivity index (χ0) is 28.7. The molecule has 1 aliphatic heterocycles. The quantitative estimate of drug-likeness (QED) is 0.356. The highest BCUT2D eigenvalue weighted by Gasteiger charge is 2.33. The lowest BCUT2D eigenvalue weighted by atomic mass is 9.95. The molecule has 0 aliphatic carbocycles. The number of carbonyl (C=O) groups excluding carboxylic acids is 4. The minimum absolute atomic E-state index is 0.0442. The predicted molar refractivity (Wildman–Crippen MR) is 148 cm³/mol. The Kier molecular flexibility index (Phi) is 11.4. The summed E-state index contributed by atoms with van der Waals surface area (Å²) in [7, 11) is 1.49. The first-order valence-corrected chi connectivity index (χ1v) is 13.7. The molecule has 10 heteroatoms. The molecule has 0 spiro atoms. The fourth-order valence-electron chi connectivity index (χ4n) is 4.62. The van der Waals surface area contributed by atoms with Gasteiger partial charge in [-0.1, -0.05) is 31.6 Å². The lowest BCUT2D eigenvalue weighted by Gasteiger charge is -2.31. The number of allylic oxidation sites excluding steroid dienone is 2. The number of ether oxygens (including phenoxy) is 1. The van der Waals surface area contributed by atoms with Crippen LogP contribution in [0.2, 0.25) is 0 Å². The first-order valence-electron chi connectivity index (χ1n) is 12.9. The first kappa shape index (κ1) is 31.3. The standard InChI is InChI=1S/C28H40BrN3O6/c1-15-10-16(2)12-18(4)38-28(37)20(6)31-26(35)23(14-21-8-9-24(33)22(29)13-21)32(7)27(36)19(5)30-25(34)17(3)11-15/h8-10,13,16-20,23,33H,11-12,14H2,1-7H3,(H,30,34)(H,31,35)/b15-10-. The van der Waals surface area contributed by atoms with E-state index in [1.807, 2.05) is 13.8 Å². The topological polar surface area (TPSA) is 125 Å². The largest absolute Gasteiger partial charge is 0.507 e. The van der Waals surface area contributed by atoms with Crippen molar-refractivity contribution in [2.45, 2.75) is 85.0 Å². The maximum atomic E-state index is 13.4. The number of carbonyl (C=O) groups is 4. The predicted octanol–water partition coefficient (Wildman–Crippen LogP) is 3.48. The van der Waals surface area contributed by atoms with E-state index in [4.69, 9.17) is 4.74 Å². The summed E-state index contributed by atoms with van der Waals surface area (Å²) in [5.41, 5.74) is 1.72. The number of rotatable bonds is 2. The normalized spacial score (nSPS) is 30.3. The van der Waals surface area contributed by atoms with Crippen LogP contribution < -0.4 is 10.6 Å². The van der Waals surface area contributed by atoms with Crippen LogP contribution in [0.25, 0.3) is 0 Å². The van der Waals surface area contributed by atoms with Gasteiger partial charge in [0.15, 0.2) is 0 Å². The Morgan fingerprint density at radius 1 is 1.03 bits per heavy atom. The minimum Gasteiger partial charge on any atom is -0.507 e. The van der Waals surface area contributed by atoms with E-state index in [9.17, 15) is 24.3 Å². The third kappa shape index (κ3) is 8.85. The Morgan fingerprint density at radius 3 is 2.29 bits per heavy atom. The van der Waals surface area contributed by atoms with Crippen LogP contribution in [0.15, 0.2) is 34.3 Å². The molecular formula is C28H40BrN3O6. The molecule has 9 nitrogen and oxygen atoms in total. The third-order valence-electron chi connectivity index (χ3n) is 6.67. The van der Waals surface area contributed by atoms with Gasteiger partial charge in [-0.2, -0.15) is 0 Å². The fraction of sp³-hybridized carbons (Fsp3) is 0.571. The van der Waals surface area contributed by atoms with Gasteiger partial charge in [0, 0.05) is 19.4 Å². The average Bonchev–Trinajstić information content (AvgIpc) is 2.82. The number of amides is 3. The van der Waals surface area contributed by atoms with E-state index in [0.29, 0.717) is 22.9 Å². The zero-order valence-corrected chi connectivity index (χ0v) is 24.8. The highest BCUT2D eigenvalue weighted by molar-refractivity contribution is 9.10. The minimum atomic E-state index is -0.993. The number of nitrogens with one attached hydrogen (secondary N) is 2. The van der Waals surface area contributed by atoms with E-state index in [0.717, 1.165) is 5.57 Å².